The third kappa shape index (κ3) is 4.61. The van der Waals surface area contributed by atoms with Crippen LogP contribution in [0.4, 0.5) is 0 Å². The second kappa shape index (κ2) is 8.59. The highest BCUT2D eigenvalue weighted by Crippen LogP contribution is 2.34. The summed E-state index contributed by atoms with van der Waals surface area (Å²) in [6, 6.07) is 18.5. The van der Waals surface area contributed by atoms with Gasteiger partial charge in [-0.15, -0.1) is 0 Å². The largest absolute Gasteiger partial charge is 0.369 e. The molecule has 4 nitrogen and oxygen atoms in total. The molecule has 1 saturated heterocycles. The quantitative estimate of drug-likeness (QED) is 0.825. The second-order valence-corrected chi connectivity index (χ2v) is 8.40. The number of piperidine rings is 1. The number of benzene rings is 2. The van der Waals surface area contributed by atoms with E-state index in [2.05, 4.69) is 36.4 Å². The Balaban J connectivity index is 1.77. The van der Waals surface area contributed by atoms with Gasteiger partial charge in [-0.05, 0) is 41.9 Å². The van der Waals surface area contributed by atoms with Crippen molar-refractivity contribution in [2.24, 2.45) is 17.1 Å². The monoisotopic (exact) mass is 378 g/mol. The summed E-state index contributed by atoms with van der Waals surface area (Å²) in [6.45, 7) is 5.22. The van der Waals surface area contributed by atoms with Gasteiger partial charge in [0.2, 0.25) is 11.8 Å². The van der Waals surface area contributed by atoms with Gasteiger partial charge in [-0.3, -0.25) is 9.59 Å². The van der Waals surface area contributed by atoms with Gasteiger partial charge in [-0.25, -0.2) is 0 Å². The third-order valence-corrected chi connectivity index (χ3v) is 5.64. The van der Waals surface area contributed by atoms with Gasteiger partial charge < -0.3 is 10.6 Å². The first kappa shape index (κ1) is 20.1. The zero-order valence-corrected chi connectivity index (χ0v) is 16.9. The fourth-order valence-electron chi connectivity index (χ4n) is 4.09. The van der Waals surface area contributed by atoms with Crippen LogP contribution in [0.15, 0.2) is 54.6 Å². The van der Waals surface area contributed by atoms with E-state index in [0.717, 1.165) is 24.0 Å². The Morgan fingerprint density at radius 3 is 2.29 bits per heavy atom. The molecule has 0 bridgehead atoms. The van der Waals surface area contributed by atoms with Gasteiger partial charge in [0.05, 0.1) is 5.41 Å². The lowest BCUT2D eigenvalue weighted by atomic mass is 9.74. The molecule has 0 spiro atoms. The summed E-state index contributed by atoms with van der Waals surface area (Å²) in [5.41, 5.74) is 8.57. The molecule has 1 aliphatic heterocycles. The number of hydrogen-bond acceptors (Lipinski definition) is 2. The normalized spacial score (nSPS) is 19.6. The molecule has 0 radical (unpaired) electrons. The molecule has 1 heterocycles. The molecule has 1 aliphatic rings. The van der Waals surface area contributed by atoms with Crippen molar-refractivity contribution in [3.8, 4) is 11.1 Å². The number of carbonyl (C=O) groups excluding carboxylic acids is 2. The number of amides is 2. The van der Waals surface area contributed by atoms with E-state index in [0.29, 0.717) is 31.8 Å². The summed E-state index contributed by atoms with van der Waals surface area (Å²) >= 11 is 0. The fraction of sp³-hybridized carbons (Fsp3) is 0.417. The highest BCUT2D eigenvalue weighted by Gasteiger charge is 2.42. The highest BCUT2D eigenvalue weighted by molar-refractivity contribution is 5.83. The number of rotatable bonds is 6. The molecule has 148 valence electrons. The molecule has 2 aromatic rings. The van der Waals surface area contributed by atoms with Gasteiger partial charge in [0, 0.05) is 19.5 Å². The first-order chi connectivity index (χ1) is 13.4. The first-order valence-electron chi connectivity index (χ1n) is 10.1. The highest BCUT2D eigenvalue weighted by atomic mass is 16.2. The third-order valence-electron chi connectivity index (χ3n) is 5.64. The maximum atomic E-state index is 12.5. The molecule has 1 atom stereocenters. The maximum Gasteiger partial charge on any atom is 0.225 e. The Morgan fingerprint density at radius 1 is 1.04 bits per heavy atom. The zero-order chi connectivity index (χ0) is 20.1. The maximum absolute atomic E-state index is 12.5. The lowest BCUT2D eigenvalue weighted by Gasteiger charge is -2.41. The van der Waals surface area contributed by atoms with Gasteiger partial charge in [0.15, 0.2) is 0 Å². The number of primary amides is 1. The summed E-state index contributed by atoms with van der Waals surface area (Å²) in [7, 11) is 0. The van der Waals surface area contributed by atoms with Crippen LogP contribution in [0.25, 0.3) is 11.1 Å². The summed E-state index contributed by atoms with van der Waals surface area (Å²) in [4.78, 5) is 26.8. The number of carbonyl (C=O) groups is 2. The Morgan fingerprint density at radius 2 is 1.68 bits per heavy atom. The lowest BCUT2D eigenvalue weighted by molar-refractivity contribution is -0.140. The van der Waals surface area contributed by atoms with E-state index >= 15 is 0 Å². The van der Waals surface area contributed by atoms with Gasteiger partial charge in [0.25, 0.3) is 0 Å². The van der Waals surface area contributed by atoms with Gasteiger partial charge >= 0.3 is 0 Å². The predicted molar refractivity (Wildman–Crippen MR) is 112 cm³/mol. The molecule has 0 aliphatic carbocycles. The van der Waals surface area contributed by atoms with E-state index in [-0.39, 0.29) is 11.8 Å². The minimum Gasteiger partial charge on any atom is -0.369 e. The van der Waals surface area contributed by atoms with Crippen LogP contribution in [0.1, 0.15) is 38.7 Å². The van der Waals surface area contributed by atoms with Crippen LogP contribution in [0, 0.1) is 11.3 Å². The molecular formula is C24H30N2O2. The van der Waals surface area contributed by atoms with Crippen molar-refractivity contribution >= 4 is 11.8 Å². The van der Waals surface area contributed by atoms with Crippen LogP contribution < -0.4 is 5.73 Å². The molecular weight excluding hydrogens is 348 g/mol. The summed E-state index contributed by atoms with van der Waals surface area (Å²) in [6.07, 6.45) is 2.63. The minimum absolute atomic E-state index is 0.125. The lowest BCUT2D eigenvalue weighted by Crippen LogP contribution is -2.53. The van der Waals surface area contributed by atoms with Crippen molar-refractivity contribution in [1.82, 2.24) is 4.90 Å². The van der Waals surface area contributed by atoms with E-state index in [9.17, 15) is 9.59 Å². The van der Waals surface area contributed by atoms with Crippen LogP contribution in [-0.2, 0) is 16.0 Å². The topological polar surface area (TPSA) is 63.4 Å². The predicted octanol–water partition coefficient (Wildman–Crippen LogP) is 4.04. The van der Waals surface area contributed by atoms with Crippen molar-refractivity contribution in [2.75, 3.05) is 13.1 Å². The smallest absolute Gasteiger partial charge is 0.225 e. The molecule has 1 fully saturated rings. The number of nitrogens with two attached hydrogens (primary N) is 1. The summed E-state index contributed by atoms with van der Waals surface area (Å²) in [5, 5.41) is 0. The molecule has 2 amide bonds. The summed E-state index contributed by atoms with van der Waals surface area (Å²) < 4.78 is 0. The fourth-order valence-corrected chi connectivity index (χ4v) is 4.09. The van der Waals surface area contributed by atoms with Gasteiger partial charge in [-0.1, -0.05) is 68.4 Å². The molecule has 28 heavy (non-hydrogen) atoms. The van der Waals surface area contributed by atoms with E-state index in [1.807, 2.05) is 36.9 Å². The van der Waals surface area contributed by atoms with Gasteiger partial charge in [0.1, 0.15) is 0 Å². The Hall–Kier alpha value is -2.62. The van der Waals surface area contributed by atoms with E-state index in [4.69, 9.17) is 5.73 Å². The molecule has 2 aromatic carbocycles. The average Bonchev–Trinajstić information content (AvgIpc) is 2.69. The second-order valence-electron chi connectivity index (χ2n) is 8.40. The van der Waals surface area contributed by atoms with Crippen molar-refractivity contribution in [3.05, 3.63) is 60.2 Å². The SMILES string of the molecule is CC(C)CC(=O)N1CCCC(Cc2ccc(-c3ccccc3)cc2)(C(N)=O)C1. The van der Waals surface area contributed by atoms with Crippen molar-refractivity contribution in [2.45, 2.75) is 39.5 Å². The van der Waals surface area contributed by atoms with Crippen molar-refractivity contribution < 1.29 is 9.59 Å². The summed E-state index contributed by atoms with van der Waals surface area (Å²) in [5.74, 6) is 0.129. The zero-order valence-electron chi connectivity index (χ0n) is 16.9. The molecule has 0 aromatic heterocycles. The van der Waals surface area contributed by atoms with Crippen LogP contribution in [0.2, 0.25) is 0 Å². The van der Waals surface area contributed by atoms with Crippen LogP contribution in [-0.4, -0.2) is 29.8 Å². The molecule has 1 unspecified atom stereocenters. The van der Waals surface area contributed by atoms with Crippen molar-refractivity contribution in [1.29, 1.82) is 0 Å². The Labute approximate surface area is 167 Å². The first-order valence-corrected chi connectivity index (χ1v) is 10.1. The number of likely N-dealkylation sites (tertiary alicyclic amines) is 1. The van der Waals surface area contributed by atoms with E-state index in [1.54, 1.807) is 0 Å². The van der Waals surface area contributed by atoms with E-state index in [1.165, 1.54) is 5.56 Å². The van der Waals surface area contributed by atoms with Crippen molar-refractivity contribution in [3.63, 3.8) is 0 Å². The van der Waals surface area contributed by atoms with E-state index < -0.39 is 5.41 Å². The Bertz CT molecular complexity index is 814. The van der Waals surface area contributed by atoms with Gasteiger partial charge in [-0.2, -0.15) is 0 Å². The Kier molecular flexibility index (Phi) is 6.18. The standard InChI is InChI=1S/C24H30N2O2/c1-18(2)15-22(27)26-14-6-13-24(17-26,23(25)28)16-19-9-11-21(12-10-19)20-7-4-3-5-8-20/h3-5,7-12,18H,6,13-17H2,1-2H3,(H2,25,28). The average molecular weight is 379 g/mol. The van der Waals surface area contributed by atoms with Crippen LogP contribution in [0.3, 0.4) is 0 Å². The van der Waals surface area contributed by atoms with Crippen LogP contribution >= 0.6 is 0 Å². The molecule has 3 rings (SSSR count). The minimum atomic E-state index is -0.681. The molecule has 2 N–H and O–H groups in total. The molecule has 4 heteroatoms. The van der Waals surface area contributed by atoms with Crippen LogP contribution in [0.5, 0.6) is 0 Å². The molecule has 0 saturated carbocycles. The number of nitrogens with zero attached hydrogens (tertiary/aromatic N) is 1. The number of hydrogen-bond donors (Lipinski definition) is 1.